The molecule has 0 radical (unpaired) electrons. The van der Waals surface area contributed by atoms with Gasteiger partial charge in [-0.3, -0.25) is 9.59 Å². The minimum atomic E-state index is -0.953. The molecule has 6 heteroatoms. The van der Waals surface area contributed by atoms with Gasteiger partial charge in [-0.25, -0.2) is 0 Å². The summed E-state index contributed by atoms with van der Waals surface area (Å²) in [5, 5.41) is 13.3. The van der Waals surface area contributed by atoms with E-state index in [0.717, 1.165) is 0 Å². The second-order valence-electron chi connectivity index (χ2n) is 7.21. The number of nitrogens with one attached hydrogen (secondary N) is 1. The molecule has 23 heavy (non-hydrogen) atoms. The third-order valence-electron chi connectivity index (χ3n) is 5.98. The maximum absolute atomic E-state index is 12.9. The predicted octanol–water partition coefficient (Wildman–Crippen LogP) is 4.85. The lowest BCUT2D eigenvalue weighted by molar-refractivity contribution is -0.157. The summed E-state index contributed by atoms with van der Waals surface area (Å²) in [4.78, 5) is 24.6. The van der Waals surface area contributed by atoms with Crippen LogP contribution in [0.4, 0.5) is 5.69 Å². The zero-order valence-corrected chi connectivity index (χ0v) is 15.2. The zero-order valence-electron chi connectivity index (χ0n) is 13.7. The smallest absolute Gasteiger partial charge is 0.309 e. The summed E-state index contributed by atoms with van der Waals surface area (Å²) in [7, 11) is 0. The molecule has 0 aromatic heterocycles. The fourth-order valence-corrected chi connectivity index (χ4v) is 3.93. The molecule has 0 aliphatic heterocycles. The first-order chi connectivity index (χ1) is 10.4. The number of rotatable bonds is 3. The highest BCUT2D eigenvalue weighted by Crippen LogP contribution is 2.63. The molecule has 4 nitrogen and oxygen atoms in total. The number of hydrogen-bond donors (Lipinski definition) is 2. The van der Waals surface area contributed by atoms with Crippen molar-refractivity contribution in [3.8, 4) is 0 Å². The Labute approximate surface area is 146 Å². The summed E-state index contributed by atoms with van der Waals surface area (Å²) in [5.41, 5.74) is -1.97. The third kappa shape index (κ3) is 2.72. The number of benzene rings is 1. The minimum absolute atomic E-state index is 0.217. The van der Waals surface area contributed by atoms with Crippen LogP contribution in [0.2, 0.25) is 10.0 Å². The number of carbonyl (C=O) groups excluding carboxylic acids is 1. The molecule has 126 valence electrons. The molecule has 1 aliphatic rings. The van der Waals surface area contributed by atoms with Crippen LogP contribution in [0.1, 0.15) is 40.5 Å². The van der Waals surface area contributed by atoms with Gasteiger partial charge in [0.1, 0.15) is 0 Å². The summed E-state index contributed by atoms with van der Waals surface area (Å²) in [6, 6.07) is 4.82. The molecule has 2 unspecified atom stereocenters. The van der Waals surface area contributed by atoms with Gasteiger partial charge in [0, 0.05) is 15.7 Å². The summed E-state index contributed by atoms with van der Waals surface area (Å²) in [5.74, 6) is -1.09. The van der Waals surface area contributed by atoms with Gasteiger partial charge in [0.05, 0.1) is 10.8 Å². The zero-order chi connectivity index (χ0) is 17.6. The van der Waals surface area contributed by atoms with Gasteiger partial charge in [-0.15, -0.1) is 0 Å². The Hall–Kier alpha value is -1.26. The number of carbonyl (C=O) groups is 2. The predicted molar refractivity (Wildman–Crippen MR) is 92.0 cm³/mol. The first-order valence-corrected chi connectivity index (χ1v) is 8.20. The molecular weight excluding hydrogens is 337 g/mol. The number of carboxylic acids is 1. The van der Waals surface area contributed by atoms with Crippen molar-refractivity contribution in [2.24, 2.45) is 16.2 Å². The highest BCUT2D eigenvalue weighted by atomic mass is 35.5. The van der Waals surface area contributed by atoms with E-state index in [1.807, 2.05) is 20.8 Å². The molecule has 0 saturated heterocycles. The fraction of sp³-hybridized carbons (Fsp3) is 0.529. The van der Waals surface area contributed by atoms with Crippen LogP contribution < -0.4 is 5.32 Å². The van der Waals surface area contributed by atoms with Gasteiger partial charge in [0.25, 0.3) is 0 Å². The van der Waals surface area contributed by atoms with E-state index in [2.05, 4.69) is 5.32 Å². The van der Waals surface area contributed by atoms with Crippen molar-refractivity contribution in [2.75, 3.05) is 5.32 Å². The third-order valence-corrected chi connectivity index (χ3v) is 6.41. The quantitative estimate of drug-likeness (QED) is 0.812. The monoisotopic (exact) mass is 357 g/mol. The van der Waals surface area contributed by atoms with Crippen molar-refractivity contribution in [2.45, 2.75) is 40.5 Å². The average molecular weight is 358 g/mol. The number of aliphatic carboxylic acids is 1. The Morgan fingerprint density at radius 2 is 1.48 bits per heavy atom. The summed E-state index contributed by atoms with van der Waals surface area (Å²) < 4.78 is 0. The van der Waals surface area contributed by atoms with Crippen LogP contribution in [0.25, 0.3) is 0 Å². The van der Waals surface area contributed by atoms with Crippen LogP contribution in [0, 0.1) is 16.2 Å². The number of anilines is 1. The van der Waals surface area contributed by atoms with Gasteiger partial charge in [-0.1, -0.05) is 44.0 Å². The minimum Gasteiger partial charge on any atom is -0.481 e. The largest absolute Gasteiger partial charge is 0.481 e. The second kappa shape index (κ2) is 5.67. The van der Waals surface area contributed by atoms with Crippen LogP contribution in [0.15, 0.2) is 18.2 Å². The van der Waals surface area contributed by atoms with Gasteiger partial charge in [-0.05, 0) is 43.4 Å². The lowest BCUT2D eigenvalue weighted by Gasteiger charge is -2.44. The molecule has 1 fully saturated rings. The Morgan fingerprint density at radius 1 is 1.00 bits per heavy atom. The Bertz CT molecular complexity index is 654. The molecule has 1 saturated carbocycles. The van der Waals surface area contributed by atoms with E-state index in [9.17, 15) is 14.7 Å². The van der Waals surface area contributed by atoms with Crippen LogP contribution in [0.3, 0.4) is 0 Å². The molecule has 0 spiro atoms. The Balaban J connectivity index is 2.33. The fourth-order valence-electron chi connectivity index (χ4n) is 3.40. The lowest BCUT2D eigenvalue weighted by Crippen LogP contribution is -2.49. The molecule has 1 amide bonds. The maximum atomic E-state index is 12.9. The normalized spacial score (nSPS) is 29.3. The van der Waals surface area contributed by atoms with Crippen molar-refractivity contribution in [1.29, 1.82) is 0 Å². The Kier molecular flexibility index (Phi) is 4.46. The number of halogens is 2. The number of hydrogen-bond acceptors (Lipinski definition) is 2. The first kappa shape index (κ1) is 18.1. The summed E-state index contributed by atoms with van der Waals surface area (Å²) in [6.45, 7) is 7.23. The molecule has 2 N–H and O–H groups in total. The average Bonchev–Trinajstić information content (AvgIpc) is 2.60. The van der Waals surface area contributed by atoms with Crippen molar-refractivity contribution in [3.05, 3.63) is 28.2 Å². The van der Waals surface area contributed by atoms with Crippen molar-refractivity contribution in [3.63, 3.8) is 0 Å². The molecular formula is C17H21Cl2NO3. The summed E-state index contributed by atoms with van der Waals surface area (Å²) >= 11 is 11.9. The van der Waals surface area contributed by atoms with Crippen LogP contribution in [-0.2, 0) is 9.59 Å². The van der Waals surface area contributed by atoms with Gasteiger partial charge in [0.2, 0.25) is 5.91 Å². The molecule has 1 aliphatic carbocycles. The highest BCUT2D eigenvalue weighted by Gasteiger charge is 2.64. The molecule has 1 aromatic carbocycles. The topological polar surface area (TPSA) is 66.4 Å². The van der Waals surface area contributed by atoms with E-state index >= 15 is 0 Å². The van der Waals surface area contributed by atoms with E-state index in [1.54, 1.807) is 25.1 Å². The first-order valence-electron chi connectivity index (χ1n) is 7.45. The van der Waals surface area contributed by atoms with Crippen LogP contribution in [-0.4, -0.2) is 17.0 Å². The van der Waals surface area contributed by atoms with E-state index in [-0.39, 0.29) is 5.91 Å². The van der Waals surface area contributed by atoms with Crippen LogP contribution in [0.5, 0.6) is 0 Å². The SMILES string of the molecule is CC1(C(=O)O)CCC(C)(C(=O)Nc2cc(Cl)cc(Cl)c2)C1(C)C. The van der Waals surface area contributed by atoms with Gasteiger partial charge in [0.15, 0.2) is 0 Å². The maximum Gasteiger partial charge on any atom is 0.309 e. The number of carboxylic acid groups (broad SMARTS) is 1. The standard InChI is InChI=1S/C17H21Cl2NO3/c1-15(2)16(3,5-6-17(15,4)14(22)23)13(21)20-12-8-10(18)7-11(19)9-12/h7-9H,5-6H2,1-4H3,(H,20,21)(H,22,23). The molecule has 2 atom stereocenters. The van der Waals surface area contributed by atoms with E-state index in [4.69, 9.17) is 23.2 Å². The van der Waals surface area contributed by atoms with Crippen molar-refractivity contribution < 1.29 is 14.7 Å². The van der Waals surface area contributed by atoms with E-state index in [1.165, 1.54) is 0 Å². The molecule has 0 bridgehead atoms. The van der Waals surface area contributed by atoms with Gasteiger partial charge < -0.3 is 10.4 Å². The summed E-state index contributed by atoms with van der Waals surface area (Å²) in [6.07, 6.45) is 0.957. The number of amides is 1. The van der Waals surface area contributed by atoms with Crippen molar-refractivity contribution >= 4 is 40.8 Å². The second-order valence-corrected chi connectivity index (χ2v) is 8.08. The van der Waals surface area contributed by atoms with Crippen molar-refractivity contribution in [1.82, 2.24) is 0 Å². The molecule has 1 aromatic rings. The lowest BCUT2D eigenvalue weighted by atomic mass is 9.59. The van der Waals surface area contributed by atoms with Gasteiger partial charge >= 0.3 is 5.97 Å². The van der Waals surface area contributed by atoms with Gasteiger partial charge in [-0.2, -0.15) is 0 Å². The van der Waals surface area contributed by atoms with Crippen LogP contribution >= 0.6 is 23.2 Å². The van der Waals surface area contributed by atoms with E-state index in [0.29, 0.717) is 28.6 Å². The Morgan fingerprint density at radius 3 is 1.91 bits per heavy atom. The van der Waals surface area contributed by atoms with E-state index < -0.39 is 22.2 Å². The highest BCUT2D eigenvalue weighted by molar-refractivity contribution is 6.35. The molecule has 0 heterocycles. The molecule has 2 rings (SSSR count).